The first kappa shape index (κ1) is 20.9. The second-order valence-electron chi connectivity index (χ2n) is 6.75. The predicted octanol–water partition coefficient (Wildman–Crippen LogP) is 5.50. The van der Waals surface area contributed by atoms with Crippen molar-refractivity contribution >= 4 is 69.9 Å². The van der Waals surface area contributed by atoms with Crippen molar-refractivity contribution < 1.29 is 38.9 Å². The lowest BCUT2D eigenvalue weighted by Gasteiger charge is -2.26. The Bertz CT molecular complexity index is 1400. The molecule has 6 nitrogen and oxygen atoms in total. The number of carbonyl (C=O) groups excluding carboxylic acids is 4. The minimum absolute atomic E-state index is 0. The maximum atomic E-state index is 13.1. The molecule has 2 aromatic carbocycles. The van der Waals surface area contributed by atoms with E-state index < -0.39 is 67.4 Å². The van der Waals surface area contributed by atoms with Crippen molar-refractivity contribution in [2.75, 3.05) is 26.0 Å². The Morgan fingerprint density at radius 1 is 0.833 bits per heavy atom. The molecule has 0 atom stereocenters. The van der Waals surface area contributed by atoms with Crippen LogP contribution in [0.4, 0.5) is 8.78 Å². The number of halogens is 6. The number of nitrogens with zero attached hydrogens (tertiary/aromatic N) is 1. The molecule has 2 aromatic rings. The third-order valence-electron chi connectivity index (χ3n) is 4.13. The topological polar surface area (TPSA) is 83.6 Å². The van der Waals surface area contributed by atoms with E-state index >= 15 is 0 Å². The molecule has 0 aromatic heterocycles. The highest BCUT2D eigenvalue weighted by atomic mass is 35.5. The molecule has 2 aliphatic rings. The zero-order valence-electron chi connectivity index (χ0n) is 26.2. The van der Waals surface area contributed by atoms with Crippen LogP contribution in [0.2, 0.25) is 10.0 Å². The fourth-order valence-corrected chi connectivity index (χ4v) is 2.86. The van der Waals surface area contributed by atoms with Crippen molar-refractivity contribution in [3.63, 3.8) is 0 Å². The fourth-order valence-electron chi connectivity index (χ4n) is 2.38. The van der Waals surface area contributed by atoms with Gasteiger partial charge in [0.2, 0.25) is 0 Å². The van der Waals surface area contributed by atoms with Crippen molar-refractivity contribution in [1.82, 2.24) is 10.2 Å². The van der Waals surface area contributed by atoms with Gasteiger partial charge in [0.25, 0.3) is 11.1 Å². The molecular formula is C24H24Cl4F2N2O4. The van der Waals surface area contributed by atoms with Crippen molar-refractivity contribution in [1.29, 1.82) is 0 Å². The van der Waals surface area contributed by atoms with Gasteiger partial charge in [-0.3, -0.25) is 19.2 Å². The highest BCUT2D eigenvalue weighted by Gasteiger charge is 2.22. The minimum Gasteiger partial charge on any atom is -0.338 e. The van der Waals surface area contributed by atoms with Gasteiger partial charge in [0.1, 0.15) is 23.2 Å². The van der Waals surface area contributed by atoms with Gasteiger partial charge in [0.15, 0.2) is 0 Å². The summed E-state index contributed by atoms with van der Waals surface area (Å²) < 4.78 is 85.0. The van der Waals surface area contributed by atoms with Crippen LogP contribution in [0.3, 0.4) is 0 Å². The fraction of sp³-hybridized carbons (Fsp3) is 0.333. The average Bonchev–Trinajstić information content (AvgIpc) is 2.79. The SMILES string of the molecule is Cl.O=C(Cl)c1ccc(F)c(Cl)c1.[2H]C1([2H])CC(=O)CC([2H])([2H])N1.[2H]C1([2H])CC(=O)CC([2H])([2H])N1C(=O)c1ccc(F)c(Cl)c1. The van der Waals surface area contributed by atoms with Crippen LogP contribution in [0.15, 0.2) is 36.4 Å². The van der Waals surface area contributed by atoms with Crippen LogP contribution in [0.1, 0.15) is 57.4 Å². The normalized spacial score (nSPS) is 23.9. The third-order valence-corrected chi connectivity index (χ3v) is 4.93. The summed E-state index contributed by atoms with van der Waals surface area (Å²) >= 11 is 16.1. The molecular weight excluding hydrogens is 560 g/mol. The Kier molecular flexibility index (Phi) is 9.23. The maximum Gasteiger partial charge on any atom is 0.253 e. The predicted molar refractivity (Wildman–Crippen MR) is 138 cm³/mol. The Hall–Kier alpha value is -2.10. The number of ketones is 2. The third kappa shape index (κ3) is 10.5. The molecule has 2 fully saturated rings. The number of piperidine rings is 2. The summed E-state index contributed by atoms with van der Waals surface area (Å²) in [6.45, 7) is -8.70. The van der Waals surface area contributed by atoms with Gasteiger partial charge in [-0.1, -0.05) is 23.2 Å². The van der Waals surface area contributed by atoms with E-state index in [1.165, 1.54) is 12.1 Å². The minimum atomic E-state index is -2.46. The van der Waals surface area contributed by atoms with Gasteiger partial charge in [-0.2, -0.15) is 0 Å². The molecule has 0 bridgehead atoms. The molecule has 0 radical (unpaired) electrons. The lowest BCUT2D eigenvalue weighted by molar-refractivity contribution is -0.121. The number of carbonyl (C=O) groups is 4. The summed E-state index contributed by atoms with van der Waals surface area (Å²) in [4.78, 5) is 45.4. The first-order valence-electron chi connectivity index (χ1n) is 13.7. The molecule has 0 aliphatic carbocycles. The van der Waals surface area contributed by atoms with Crippen LogP contribution in [0, 0.1) is 11.6 Å². The first-order chi connectivity index (χ1) is 19.5. The van der Waals surface area contributed by atoms with E-state index in [0.29, 0.717) is 4.90 Å². The van der Waals surface area contributed by atoms with Crippen LogP contribution in [0.5, 0.6) is 0 Å². The number of hydrogen-bond donors (Lipinski definition) is 1. The molecule has 36 heavy (non-hydrogen) atoms. The van der Waals surface area contributed by atoms with E-state index in [1.807, 2.05) is 0 Å². The summed E-state index contributed by atoms with van der Waals surface area (Å²) in [5.41, 5.74) is 0.0431. The number of likely N-dealkylation sites (tertiary alicyclic amines) is 1. The highest BCUT2D eigenvalue weighted by molar-refractivity contribution is 6.67. The Morgan fingerprint density at radius 2 is 1.28 bits per heavy atom. The van der Waals surface area contributed by atoms with Crippen LogP contribution in [-0.2, 0) is 9.59 Å². The van der Waals surface area contributed by atoms with E-state index in [2.05, 4.69) is 5.32 Å². The van der Waals surface area contributed by atoms with E-state index in [1.54, 1.807) is 0 Å². The van der Waals surface area contributed by atoms with E-state index in [-0.39, 0.29) is 52.2 Å². The van der Waals surface area contributed by atoms with Gasteiger partial charge in [-0.05, 0) is 48.0 Å². The summed E-state index contributed by atoms with van der Waals surface area (Å²) in [5, 5.41) is 1.04. The second kappa shape index (κ2) is 15.9. The number of nitrogens with one attached hydrogen (secondary N) is 1. The molecule has 0 spiro atoms. The van der Waals surface area contributed by atoms with Crippen molar-refractivity contribution in [3.8, 4) is 0 Å². The lowest BCUT2D eigenvalue weighted by atomic mass is 10.1. The van der Waals surface area contributed by atoms with Gasteiger partial charge < -0.3 is 10.2 Å². The zero-order valence-corrected chi connectivity index (χ0v) is 21.3. The molecule has 0 unspecified atom stereocenters. The Labute approximate surface area is 239 Å². The number of rotatable bonds is 2. The van der Waals surface area contributed by atoms with Crippen LogP contribution < -0.4 is 5.32 Å². The van der Waals surface area contributed by atoms with Crippen molar-refractivity contribution in [2.45, 2.75) is 25.7 Å². The number of Topliss-reactive ketones (excluding diaryl/α,β-unsaturated/α-hetero) is 2. The van der Waals surface area contributed by atoms with Crippen LogP contribution in [0.25, 0.3) is 0 Å². The largest absolute Gasteiger partial charge is 0.338 e. The van der Waals surface area contributed by atoms with E-state index in [4.69, 9.17) is 45.8 Å². The highest BCUT2D eigenvalue weighted by Crippen LogP contribution is 2.19. The number of hydrogen-bond acceptors (Lipinski definition) is 5. The number of amides is 1. The monoisotopic (exact) mass is 590 g/mol. The standard InChI is InChI=1S/C12H11ClFNO2.C7H3Cl2FO.C5H9NO.ClH/c13-10-7-8(1-2-11(10)14)12(17)15-5-3-9(16)4-6-15;8-5-3-4(7(9)11)1-2-6(5)10;7-5-1-3-6-4-2-5;/h1-2,7H,3-6H2;1-3H;6H,1-4H2;1H/i5D2,6D2;;3D2,4D2;. The molecule has 2 heterocycles. The van der Waals surface area contributed by atoms with Crippen molar-refractivity contribution in [2.24, 2.45) is 0 Å². The van der Waals surface area contributed by atoms with Gasteiger partial charge in [-0.25, -0.2) is 8.78 Å². The Morgan fingerprint density at radius 3 is 1.72 bits per heavy atom. The van der Waals surface area contributed by atoms with Crippen LogP contribution in [-0.4, -0.2) is 53.6 Å². The summed E-state index contributed by atoms with van der Waals surface area (Å²) in [6.07, 6.45) is -1.67. The molecule has 0 saturated carbocycles. The molecule has 2 saturated heterocycles. The number of benzene rings is 2. The summed E-state index contributed by atoms with van der Waals surface area (Å²) in [5.74, 6) is -3.27. The average molecular weight is 592 g/mol. The maximum absolute atomic E-state index is 13.1. The molecule has 12 heteroatoms. The van der Waals surface area contributed by atoms with Crippen molar-refractivity contribution in [3.05, 3.63) is 69.2 Å². The lowest BCUT2D eigenvalue weighted by Crippen LogP contribution is -2.38. The molecule has 1 N–H and O–H groups in total. The van der Waals surface area contributed by atoms with E-state index in [9.17, 15) is 28.0 Å². The molecule has 2 aliphatic heterocycles. The van der Waals surface area contributed by atoms with Crippen LogP contribution >= 0.6 is 47.2 Å². The zero-order chi connectivity index (χ0) is 33.1. The smallest absolute Gasteiger partial charge is 0.253 e. The van der Waals surface area contributed by atoms with Gasteiger partial charge in [-0.15, -0.1) is 12.4 Å². The Balaban J connectivity index is 0.000000357. The summed E-state index contributed by atoms with van der Waals surface area (Å²) in [7, 11) is 0. The van der Waals surface area contributed by atoms with E-state index in [0.717, 1.165) is 24.3 Å². The van der Waals surface area contributed by atoms with Gasteiger partial charge >= 0.3 is 0 Å². The summed E-state index contributed by atoms with van der Waals surface area (Å²) in [6, 6.07) is 6.59. The molecule has 4 rings (SSSR count). The molecule has 196 valence electrons. The van der Waals surface area contributed by atoms with Gasteiger partial charge in [0, 0.05) is 73.8 Å². The quantitative estimate of drug-likeness (QED) is 0.466. The first-order valence-corrected chi connectivity index (χ1v) is 10.9. The second-order valence-corrected chi connectivity index (χ2v) is 7.91. The molecule has 1 amide bonds. The van der Waals surface area contributed by atoms with Gasteiger partial charge in [0.05, 0.1) is 10.0 Å².